The number of nitrogens with one attached hydrogen (secondary N) is 1. The zero-order valence-corrected chi connectivity index (χ0v) is 12.3. The van der Waals surface area contributed by atoms with Crippen LogP contribution in [0.4, 0.5) is 5.69 Å². The van der Waals surface area contributed by atoms with Crippen molar-refractivity contribution in [2.75, 3.05) is 11.9 Å². The third-order valence-corrected chi connectivity index (χ3v) is 4.37. The highest BCUT2D eigenvalue weighted by Crippen LogP contribution is 2.30. The van der Waals surface area contributed by atoms with E-state index in [-0.39, 0.29) is 4.90 Å². The van der Waals surface area contributed by atoms with E-state index in [1.807, 2.05) is 18.2 Å². The zero-order valence-electron chi connectivity index (χ0n) is 10.7. The van der Waals surface area contributed by atoms with Crippen LogP contribution in [-0.4, -0.2) is 15.0 Å². The monoisotopic (exact) mass is 297 g/mol. The van der Waals surface area contributed by atoms with Gasteiger partial charge < -0.3 is 5.32 Å². The first-order valence-electron chi connectivity index (χ1n) is 6.24. The molecule has 0 aliphatic heterocycles. The van der Waals surface area contributed by atoms with Crippen LogP contribution in [0, 0.1) is 0 Å². The summed E-state index contributed by atoms with van der Waals surface area (Å²) in [4.78, 5) is 0.158. The fourth-order valence-corrected chi connectivity index (χ4v) is 3.13. The Kier molecular flexibility index (Phi) is 4.32. The lowest BCUT2D eigenvalue weighted by molar-refractivity contribution is 0.610. The van der Waals surface area contributed by atoms with Crippen molar-refractivity contribution in [1.82, 2.24) is 0 Å². The maximum Gasteiger partial charge on any atom is 0.261 e. The molecule has 0 aromatic heterocycles. The van der Waals surface area contributed by atoms with Gasteiger partial charge in [0.25, 0.3) is 9.05 Å². The molecule has 0 saturated carbocycles. The molecular weight excluding hydrogens is 282 g/mol. The lowest BCUT2D eigenvalue weighted by Gasteiger charge is -2.10. The van der Waals surface area contributed by atoms with Crippen LogP contribution >= 0.6 is 10.7 Å². The maximum atomic E-state index is 11.6. The molecule has 2 aromatic carbocycles. The number of hydrogen-bond acceptors (Lipinski definition) is 3. The first kappa shape index (κ1) is 14.2. The molecule has 5 heteroatoms. The number of hydrogen-bond donors (Lipinski definition) is 1. The van der Waals surface area contributed by atoms with E-state index in [0.717, 1.165) is 30.5 Å². The van der Waals surface area contributed by atoms with Gasteiger partial charge in [0, 0.05) is 33.7 Å². The molecule has 0 aliphatic rings. The van der Waals surface area contributed by atoms with Crippen LogP contribution in [0.3, 0.4) is 0 Å². The van der Waals surface area contributed by atoms with Gasteiger partial charge in [-0.15, -0.1) is 0 Å². The van der Waals surface area contributed by atoms with Crippen LogP contribution in [-0.2, 0) is 9.05 Å². The minimum atomic E-state index is -3.73. The van der Waals surface area contributed by atoms with Gasteiger partial charge in [-0.25, -0.2) is 8.42 Å². The van der Waals surface area contributed by atoms with Gasteiger partial charge in [0.15, 0.2) is 0 Å². The highest BCUT2D eigenvalue weighted by molar-refractivity contribution is 8.14. The van der Waals surface area contributed by atoms with Gasteiger partial charge in [0.2, 0.25) is 0 Å². The van der Waals surface area contributed by atoms with Crippen molar-refractivity contribution >= 4 is 36.2 Å². The second-order valence-electron chi connectivity index (χ2n) is 4.38. The molecule has 0 atom stereocenters. The van der Waals surface area contributed by atoms with Crippen LogP contribution in [0.2, 0.25) is 0 Å². The van der Waals surface area contributed by atoms with Crippen LogP contribution < -0.4 is 5.32 Å². The first-order chi connectivity index (χ1) is 9.04. The third-order valence-electron chi connectivity index (χ3n) is 2.99. The summed E-state index contributed by atoms with van der Waals surface area (Å²) >= 11 is 0. The van der Waals surface area contributed by atoms with Crippen LogP contribution in [0.5, 0.6) is 0 Å². The second-order valence-corrected chi connectivity index (χ2v) is 6.91. The van der Waals surface area contributed by atoms with E-state index in [4.69, 9.17) is 10.7 Å². The molecule has 102 valence electrons. The van der Waals surface area contributed by atoms with Gasteiger partial charge in [-0.3, -0.25) is 0 Å². The first-order valence-corrected chi connectivity index (χ1v) is 8.55. The average molecular weight is 298 g/mol. The minimum absolute atomic E-state index is 0.158. The summed E-state index contributed by atoms with van der Waals surface area (Å²) in [5.74, 6) is 0. The van der Waals surface area contributed by atoms with E-state index >= 15 is 0 Å². The van der Waals surface area contributed by atoms with Gasteiger partial charge >= 0.3 is 0 Å². The lowest BCUT2D eigenvalue weighted by Crippen LogP contribution is -2.02. The molecule has 2 aromatic rings. The van der Waals surface area contributed by atoms with E-state index in [1.165, 1.54) is 6.07 Å². The van der Waals surface area contributed by atoms with Crippen molar-refractivity contribution in [1.29, 1.82) is 0 Å². The molecule has 0 unspecified atom stereocenters. The molecule has 0 heterocycles. The van der Waals surface area contributed by atoms with E-state index in [1.54, 1.807) is 12.1 Å². The average Bonchev–Trinajstić information content (AvgIpc) is 2.37. The normalized spacial score (nSPS) is 11.7. The number of anilines is 1. The Morgan fingerprint density at radius 3 is 2.47 bits per heavy atom. The highest BCUT2D eigenvalue weighted by atomic mass is 35.7. The smallest absolute Gasteiger partial charge is 0.261 e. The molecule has 19 heavy (non-hydrogen) atoms. The number of fused-ring (bicyclic) bond motifs is 1. The van der Waals surface area contributed by atoms with Crippen LogP contribution in [0.1, 0.15) is 19.8 Å². The van der Waals surface area contributed by atoms with E-state index in [9.17, 15) is 8.42 Å². The number of benzene rings is 2. The SMILES string of the molecule is CCCCNc1cccc2c(S(=O)(=O)Cl)cccc12. The Morgan fingerprint density at radius 2 is 1.79 bits per heavy atom. The fraction of sp³-hybridized carbons (Fsp3) is 0.286. The van der Waals surface area contributed by atoms with Gasteiger partial charge in [-0.2, -0.15) is 0 Å². The van der Waals surface area contributed by atoms with Crippen molar-refractivity contribution in [2.45, 2.75) is 24.7 Å². The summed E-state index contributed by atoms with van der Waals surface area (Å²) in [7, 11) is 1.74. The van der Waals surface area contributed by atoms with E-state index in [2.05, 4.69) is 12.2 Å². The summed E-state index contributed by atoms with van der Waals surface area (Å²) < 4.78 is 23.1. The molecule has 0 radical (unpaired) electrons. The zero-order chi connectivity index (χ0) is 13.9. The Balaban J connectivity index is 2.52. The summed E-state index contributed by atoms with van der Waals surface area (Å²) in [6, 6.07) is 10.7. The molecular formula is C14H16ClNO2S. The second kappa shape index (κ2) is 5.80. The Labute approximate surface area is 118 Å². The van der Waals surface area contributed by atoms with Crippen LogP contribution in [0.25, 0.3) is 10.8 Å². The predicted octanol–water partition coefficient (Wildman–Crippen LogP) is 3.98. The van der Waals surface area contributed by atoms with Gasteiger partial charge in [-0.1, -0.05) is 37.6 Å². The highest BCUT2D eigenvalue weighted by Gasteiger charge is 2.14. The quantitative estimate of drug-likeness (QED) is 0.671. The van der Waals surface area contributed by atoms with Crippen LogP contribution in [0.15, 0.2) is 41.3 Å². The molecule has 2 rings (SSSR count). The number of unbranched alkanes of at least 4 members (excludes halogenated alkanes) is 1. The van der Waals surface area contributed by atoms with Gasteiger partial charge in [-0.05, 0) is 18.6 Å². The van der Waals surface area contributed by atoms with Crippen molar-refractivity contribution in [2.24, 2.45) is 0 Å². The Morgan fingerprint density at radius 1 is 1.11 bits per heavy atom. The van der Waals surface area contributed by atoms with Gasteiger partial charge in [0.05, 0.1) is 4.90 Å². The van der Waals surface area contributed by atoms with E-state index < -0.39 is 9.05 Å². The Bertz CT molecular complexity index is 683. The standard InChI is InChI=1S/C14H16ClNO2S/c1-2-3-10-16-13-8-4-7-12-11(13)6-5-9-14(12)19(15,17)18/h4-9,16H,2-3,10H2,1H3. The van der Waals surface area contributed by atoms with Crippen molar-refractivity contribution < 1.29 is 8.42 Å². The third kappa shape index (κ3) is 3.19. The number of halogens is 1. The lowest BCUT2D eigenvalue weighted by atomic mass is 10.1. The fourth-order valence-electron chi connectivity index (χ4n) is 2.05. The molecule has 0 fully saturated rings. The Hall–Kier alpha value is -1.26. The molecule has 0 aliphatic carbocycles. The van der Waals surface area contributed by atoms with Gasteiger partial charge in [0.1, 0.15) is 0 Å². The summed E-state index contributed by atoms with van der Waals surface area (Å²) in [6.45, 7) is 3.00. The molecule has 1 N–H and O–H groups in total. The van der Waals surface area contributed by atoms with Crippen molar-refractivity contribution in [3.63, 3.8) is 0 Å². The molecule has 0 saturated heterocycles. The number of rotatable bonds is 5. The summed E-state index contributed by atoms with van der Waals surface area (Å²) in [6.07, 6.45) is 2.18. The topological polar surface area (TPSA) is 46.2 Å². The summed E-state index contributed by atoms with van der Waals surface area (Å²) in [5.41, 5.74) is 0.938. The summed E-state index contributed by atoms with van der Waals surface area (Å²) in [5, 5.41) is 4.86. The molecule has 0 spiro atoms. The predicted molar refractivity (Wildman–Crippen MR) is 80.4 cm³/mol. The van der Waals surface area contributed by atoms with E-state index in [0.29, 0.717) is 5.39 Å². The van der Waals surface area contributed by atoms with Crippen molar-refractivity contribution in [3.8, 4) is 0 Å². The molecule has 0 amide bonds. The molecule has 3 nitrogen and oxygen atoms in total. The minimum Gasteiger partial charge on any atom is -0.385 e. The maximum absolute atomic E-state index is 11.6. The molecule has 0 bridgehead atoms. The van der Waals surface area contributed by atoms with Crippen molar-refractivity contribution in [3.05, 3.63) is 36.4 Å². The largest absolute Gasteiger partial charge is 0.385 e.